The number of thiophene rings is 1. The third-order valence-electron chi connectivity index (χ3n) is 2.57. The molecule has 0 aliphatic carbocycles. The van der Waals surface area contributed by atoms with Crippen LogP contribution in [-0.2, 0) is 10.8 Å². The minimum Gasteiger partial charge on any atom is -0.397 e. The predicted octanol–water partition coefficient (Wildman–Crippen LogP) is 2.25. The van der Waals surface area contributed by atoms with E-state index in [1.54, 1.807) is 24.5 Å². The molecule has 0 aliphatic rings. The first-order valence-electron chi connectivity index (χ1n) is 5.55. The Labute approximate surface area is 122 Å². The molecule has 19 heavy (non-hydrogen) atoms. The molecule has 2 aromatic rings. The Kier molecular flexibility index (Phi) is 4.44. The fourth-order valence-corrected chi connectivity index (χ4v) is 3.35. The highest BCUT2D eigenvalue weighted by Crippen LogP contribution is 2.35. The van der Waals surface area contributed by atoms with Crippen LogP contribution in [0.2, 0.25) is 5.02 Å². The van der Waals surface area contributed by atoms with E-state index in [4.69, 9.17) is 17.3 Å². The average Bonchev–Trinajstić information content (AvgIpc) is 2.65. The molecule has 0 saturated heterocycles. The Bertz CT molecular complexity index is 654. The number of rotatable bonds is 4. The van der Waals surface area contributed by atoms with Gasteiger partial charge in [-0.15, -0.1) is 11.3 Å². The number of fused-ring (bicyclic) bond motifs is 1. The molecule has 3 N–H and O–H groups in total. The Morgan fingerprint density at radius 3 is 2.95 bits per heavy atom. The van der Waals surface area contributed by atoms with Crippen molar-refractivity contribution < 1.29 is 9.00 Å². The van der Waals surface area contributed by atoms with Crippen LogP contribution >= 0.6 is 22.9 Å². The van der Waals surface area contributed by atoms with Crippen molar-refractivity contribution in [3.8, 4) is 0 Å². The molecular formula is C12H13ClN2O2S2. The standard InChI is InChI=1S/C12H13ClN2O2S2/c1-19(17)5-4-15-12(16)11-10(14)8-3-2-7(13)6-9(8)18-11/h2-3,6H,4-5,14H2,1H3,(H,15,16). The summed E-state index contributed by atoms with van der Waals surface area (Å²) in [4.78, 5) is 12.5. The van der Waals surface area contributed by atoms with E-state index in [2.05, 4.69) is 5.32 Å². The molecular weight excluding hydrogens is 304 g/mol. The number of halogens is 1. The molecule has 0 radical (unpaired) electrons. The summed E-state index contributed by atoms with van der Waals surface area (Å²) in [6.07, 6.45) is 1.60. The maximum atomic E-state index is 12.0. The van der Waals surface area contributed by atoms with Gasteiger partial charge in [0, 0.05) is 44.5 Å². The first kappa shape index (κ1) is 14.3. The molecule has 0 saturated carbocycles. The molecule has 1 unspecified atom stereocenters. The number of carbonyl (C=O) groups excluding carboxylic acids is 1. The van der Waals surface area contributed by atoms with E-state index < -0.39 is 10.8 Å². The van der Waals surface area contributed by atoms with Crippen molar-refractivity contribution in [3.05, 3.63) is 28.1 Å². The monoisotopic (exact) mass is 316 g/mol. The van der Waals surface area contributed by atoms with Gasteiger partial charge in [-0.1, -0.05) is 11.6 Å². The number of hydrogen-bond donors (Lipinski definition) is 2. The molecule has 0 spiro atoms. The van der Waals surface area contributed by atoms with Crippen LogP contribution in [0, 0.1) is 0 Å². The number of nitrogens with two attached hydrogens (primary N) is 1. The normalized spacial score (nSPS) is 12.5. The number of amides is 1. The van der Waals surface area contributed by atoms with E-state index in [1.807, 2.05) is 0 Å². The number of benzene rings is 1. The quantitative estimate of drug-likeness (QED) is 0.908. The Morgan fingerprint density at radius 2 is 2.26 bits per heavy atom. The van der Waals surface area contributed by atoms with E-state index in [0.29, 0.717) is 27.9 Å². The Hall–Kier alpha value is -1.11. The Balaban J connectivity index is 2.22. The topological polar surface area (TPSA) is 72.2 Å². The highest BCUT2D eigenvalue weighted by molar-refractivity contribution is 7.84. The van der Waals surface area contributed by atoms with Gasteiger partial charge in [-0.25, -0.2) is 0 Å². The molecule has 1 amide bonds. The molecule has 0 aliphatic heterocycles. The maximum Gasteiger partial charge on any atom is 0.263 e. The van der Waals surface area contributed by atoms with Crippen molar-refractivity contribution in [2.45, 2.75) is 0 Å². The number of anilines is 1. The van der Waals surface area contributed by atoms with E-state index in [9.17, 15) is 9.00 Å². The van der Waals surface area contributed by atoms with E-state index >= 15 is 0 Å². The third-order valence-corrected chi connectivity index (χ3v) is 4.75. The smallest absolute Gasteiger partial charge is 0.263 e. The lowest BCUT2D eigenvalue weighted by molar-refractivity contribution is 0.0961. The van der Waals surface area contributed by atoms with Crippen molar-refractivity contribution in [1.29, 1.82) is 0 Å². The van der Waals surface area contributed by atoms with Gasteiger partial charge in [0.2, 0.25) is 0 Å². The summed E-state index contributed by atoms with van der Waals surface area (Å²) < 4.78 is 11.8. The molecule has 0 fully saturated rings. The molecule has 1 aromatic carbocycles. The zero-order chi connectivity index (χ0) is 14.0. The second kappa shape index (κ2) is 5.90. The van der Waals surface area contributed by atoms with Crippen LogP contribution < -0.4 is 11.1 Å². The van der Waals surface area contributed by atoms with Gasteiger partial charge in [-0.3, -0.25) is 9.00 Å². The summed E-state index contributed by atoms with van der Waals surface area (Å²) in [6.45, 7) is 0.371. The highest BCUT2D eigenvalue weighted by atomic mass is 35.5. The highest BCUT2D eigenvalue weighted by Gasteiger charge is 2.16. The van der Waals surface area contributed by atoms with Crippen molar-refractivity contribution in [3.63, 3.8) is 0 Å². The Morgan fingerprint density at radius 1 is 1.53 bits per heavy atom. The lowest BCUT2D eigenvalue weighted by atomic mass is 10.2. The van der Waals surface area contributed by atoms with Crippen molar-refractivity contribution in [1.82, 2.24) is 5.32 Å². The second-order valence-corrected chi connectivity index (χ2v) is 7.06. The van der Waals surface area contributed by atoms with E-state index in [1.165, 1.54) is 11.3 Å². The van der Waals surface area contributed by atoms with Crippen LogP contribution in [-0.4, -0.2) is 28.7 Å². The molecule has 4 nitrogen and oxygen atoms in total. The van der Waals surface area contributed by atoms with Crippen LogP contribution in [0.3, 0.4) is 0 Å². The predicted molar refractivity (Wildman–Crippen MR) is 82.5 cm³/mol. The summed E-state index contributed by atoms with van der Waals surface area (Å²) in [7, 11) is -0.922. The zero-order valence-electron chi connectivity index (χ0n) is 10.2. The number of hydrogen-bond acceptors (Lipinski definition) is 4. The molecule has 1 heterocycles. The molecule has 0 bridgehead atoms. The minimum absolute atomic E-state index is 0.236. The minimum atomic E-state index is -0.922. The fourth-order valence-electron chi connectivity index (χ4n) is 1.65. The molecule has 1 atom stereocenters. The first-order chi connectivity index (χ1) is 8.99. The van der Waals surface area contributed by atoms with E-state index in [-0.39, 0.29) is 5.91 Å². The lowest BCUT2D eigenvalue weighted by Crippen LogP contribution is -2.27. The lowest BCUT2D eigenvalue weighted by Gasteiger charge is -2.02. The van der Waals surface area contributed by atoms with Gasteiger partial charge in [0.05, 0.1) is 5.69 Å². The molecule has 7 heteroatoms. The van der Waals surface area contributed by atoms with E-state index in [0.717, 1.165) is 10.1 Å². The van der Waals surface area contributed by atoms with Gasteiger partial charge in [-0.2, -0.15) is 0 Å². The van der Waals surface area contributed by atoms with Crippen LogP contribution in [0.5, 0.6) is 0 Å². The third kappa shape index (κ3) is 3.26. The summed E-state index contributed by atoms with van der Waals surface area (Å²) in [5, 5.41) is 4.16. The van der Waals surface area contributed by atoms with Gasteiger partial charge in [0.1, 0.15) is 4.88 Å². The largest absolute Gasteiger partial charge is 0.397 e. The second-order valence-electron chi connectivity index (χ2n) is 4.02. The summed E-state index contributed by atoms with van der Waals surface area (Å²) in [5.41, 5.74) is 6.43. The zero-order valence-corrected chi connectivity index (χ0v) is 12.6. The summed E-state index contributed by atoms with van der Waals surface area (Å²) >= 11 is 7.22. The molecule has 102 valence electrons. The maximum absolute atomic E-state index is 12.0. The van der Waals surface area contributed by atoms with Crippen molar-refractivity contribution in [2.75, 3.05) is 24.3 Å². The van der Waals surface area contributed by atoms with Gasteiger partial charge in [-0.05, 0) is 18.2 Å². The van der Waals surface area contributed by atoms with Crippen LogP contribution in [0.4, 0.5) is 5.69 Å². The number of nitrogens with one attached hydrogen (secondary N) is 1. The molecule has 1 aromatic heterocycles. The van der Waals surface area contributed by atoms with Crippen LogP contribution in [0.15, 0.2) is 18.2 Å². The van der Waals surface area contributed by atoms with Gasteiger partial charge < -0.3 is 11.1 Å². The SMILES string of the molecule is CS(=O)CCNC(=O)c1sc2cc(Cl)ccc2c1N. The number of carbonyl (C=O) groups is 1. The van der Waals surface area contributed by atoms with Gasteiger partial charge in [0.15, 0.2) is 0 Å². The van der Waals surface area contributed by atoms with Crippen LogP contribution in [0.1, 0.15) is 9.67 Å². The van der Waals surface area contributed by atoms with Crippen molar-refractivity contribution in [2.24, 2.45) is 0 Å². The summed E-state index contributed by atoms with van der Waals surface area (Å²) in [5.74, 6) is 0.197. The van der Waals surface area contributed by atoms with Crippen LogP contribution in [0.25, 0.3) is 10.1 Å². The summed E-state index contributed by atoms with van der Waals surface area (Å²) in [6, 6.07) is 5.34. The van der Waals surface area contributed by atoms with Crippen molar-refractivity contribution >= 4 is 55.4 Å². The average molecular weight is 317 g/mol. The number of nitrogen functional groups attached to an aromatic ring is 1. The first-order valence-corrected chi connectivity index (χ1v) is 8.47. The van der Waals surface area contributed by atoms with Gasteiger partial charge >= 0.3 is 0 Å². The van der Waals surface area contributed by atoms with Gasteiger partial charge in [0.25, 0.3) is 5.91 Å². The molecule has 2 rings (SSSR count). The fraction of sp³-hybridized carbons (Fsp3) is 0.250.